The molecule has 2 unspecified atom stereocenters. The standard InChI is InChI=1S/C16H33NO3/c1-6-15(10-9-14(4)5)19-12-16(20-13-18)11-17(7-2)8-3/h13-16H,6-12H2,1-5H3. The van der Waals surface area contributed by atoms with E-state index in [9.17, 15) is 4.79 Å². The third-order valence-electron chi connectivity index (χ3n) is 3.64. The summed E-state index contributed by atoms with van der Waals surface area (Å²) in [5.41, 5.74) is 0. The molecule has 0 saturated carbocycles. The fourth-order valence-electron chi connectivity index (χ4n) is 2.15. The van der Waals surface area contributed by atoms with E-state index in [1.165, 1.54) is 6.42 Å². The van der Waals surface area contributed by atoms with Gasteiger partial charge in [-0.25, -0.2) is 0 Å². The molecule has 120 valence electrons. The van der Waals surface area contributed by atoms with E-state index < -0.39 is 0 Å². The largest absolute Gasteiger partial charge is 0.461 e. The van der Waals surface area contributed by atoms with Crippen molar-refractivity contribution in [2.45, 2.75) is 66.1 Å². The maximum atomic E-state index is 10.6. The monoisotopic (exact) mass is 287 g/mol. The summed E-state index contributed by atoms with van der Waals surface area (Å²) in [4.78, 5) is 12.8. The molecule has 0 aliphatic carbocycles. The zero-order chi connectivity index (χ0) is 15.4. The van der Waals surface area contributed by atoms with E-state index in [0.717, 1.165) is 32.5 Å². The fourth-order valence-corrected chi connectivity index (χ4v) is 2.15. The van der Waals surface area contributed by atoms with Gasteiger partial charge in [-0.2, -0.15) is 0 Å². The minimum atomic E-state index is -0.166. The van der Waals surface area contributed by atoms with Crippen LogP contribution in [0.3, 0.4) is 0 Å². The first-order valence-corrected chi connectivity index (χ1v) is 8.00. The van der Waals surface area contributed by atoms with Crippen LogP contribution in [0.5, 0.6) is 0 Å². The number of likely N-dealkylation sites (N-methyl/N-ethyl adjacent to an activating group) is 1. The van der Waals surface area contributed by atoms with Gasteiger partial charge >= 0.3 is 0 Å². The Kier molecular flexibility index (Phi) is 11.8. The highest BCUT2D eigenvalue weighted by Gasteiger charge is 2.16. The van der Waals surface area contributed by atoms with Crippen molar-refractivity contribution in [1.82, 2.24) is 4.90 Å². The summed E-state index contributed by atoms with van der Waals surface area (Å²) in [5.74, 6) is 0.699. The van der Waals surface area contributed by atoms with Crippen molar-refractivity contribution in [3.63, 3.8) is 0 Å². The minimum absolute atomic E-state index is 0.166. The average molecular weight is 287 g/mol. The van der Waals surface area contributed by atoms with E-state index in [0.29, 0.717) is 19.0 Å². The first-order valence-electron chi connectivity index (χ1n) is 8.00. The molecule has 0 amide bonds. The predicted molar refractivity (Wildman–Crippen MR) is 82.8 cm³/mol. The maximum Gasteiger partial charge on any atom is 0.293 e. The van der Waals surface area contributed by atoms with E-state index >= 15 is 0 Å². The molecule has 0 saturated heterocycles. The van der Waals surface area contributed by atoms with Gasteiger partial charge in [0.2, 0.25) is 0 Å². The van der Waals surface area contributed by atoms with Crippen molar-refractivity contribution in [1.29, 1.82) is 0 Å². The van der Waals surface area contributed by atoms with Gasteiger partial charge in [-0.3, -0.25) is 4.79 Å². The predicted octanol–water partition coefficient (Wildman–Crippen LogP) is 3.10. The van der Waals surface area contributed by atoms with E-state index in [-0.39, 0.29) is 12.2 Å². The lowest BCUT2D eigenvalue weighted by molar-refractivity contribution is -0.139. The first-order chi connectivity index (χ1) is 9.57. The molecule has 0 fully saturated rings. The van der Waals surface area contributed by atoms with E-state index in [1.807, 2.05) is 0 Å². The van der Waals surface area contributed by atoms with Gasteiger partial charge < -0.3 is 14.4 Å². The van der Waals surface area contributed by atoms with Crippen LogP contribution in [0, 0.1) is 5.92 Å². The summed E-state index contributed by atoms with van der Waals surface area (Å²) in [6, 6.07) is 0. The van der Waals surface area contributed by atoms with Gasteiger partial charge in [0.15, 0.2) is 0 Å². The third kappa shape index (κ3) is 9.32. The molecule has 4 nitrogen and oxygen atoms in total. The second kappa shape index (κ2) is 12.2. The van der Waals surface area contributed by atoms with Crippen LogP contribution in [0.15, 0.2) is 0 Å². The van der Waals surface area contributed by atoms with Crippen LogP contribution >= 0.6 is 0 Å². The molecular formula is C16H33NO3. The molecule has 0 aliphatic rings. The van der Waals surface area contributed by atoms with Crippen molar-refractivity contribution < 1.29 is 14.3 Å². The highest BCUT2D eigenvalue weighted by atomic mass is 16.6. The zero-order valence-electron chi connectivity index (χ0n) is 13.9. The summed E-state index contributed by atoms with van der Waals surface area (Å²) in [6.45, 7) is 14.5. The van der Waals surface area contributed by atoms with Crippen molar-refractivity contribution in [3.05, 3.63) is 0 Å². The summed E-state index contributed by atoms with van der Waals surface area (Å²) < 4.78 is 11.1. The Labute approximate surface area is 124 Å². The van der Waals surface area contributed by atoms with E-state index in [2.05, 4.69) is 39.5 Å². The molecule has 0 spiro atoms. The first kappa shape index (κ1) is 19.4. The lowest BCUT2D eigenvalue weighted by atomic mass is 10.0. The smallest absolute Gasteiger partial charge is 0.293 e. The number of ether oxygens (including phenoxy) is 2. The molecule has 0 heterocycles. The molecule has 4 heteroatoms. The van der Waals surface area contributed by atoms with Crippen LogP contribution < -0.4 is 0 Å². The molecular weight excluding hydrogens is 254 g/mol. The second-order valence-corrected chi connectivity index (χ2v) is 5.67. The Morgan fingerprint density at radius 2 is 1.70 bits per heavy atom. The summed E-state index contributed by atoms with van der Waals surface area (Å²) >= 11 is 0. The van der Waals surface area contributed by atoms with Gasteiger partial charge in [0, 0.05) is 6.54 Å². The number of nitrogens with zero attached hydrogens (tertiary/aromatic N) is 1. The van der Waals surface area contributed by atoms with Crippen molar-refractivity contribution in [2.24, 2.45) is 5.92 Å². The molecule has 0 N–H and O–H groups in total. The zero-order valence-corrected chi connectivity index (χ0v) is 13.9. The highest BCUT2D eigenvalue weighted by molar-refractivity contribution is 5.37. The summed E-state index contributed by atoms with van der Waals surface area (Å²) in [7, 11) is 0. The van der Waals surface area contributed by atoms with Crippen LogP contribution in [-0.4, -0.2) is 49.8 Å². The number of hydrogen-bond donors (Lipinski definition) is 0. The van der Waals surface area contributed by atoms with Gasteiger partial charge in [0.1, 0.15) is 6.10 Å². The molecule has 0 aromatic heterocycles. The SMILES string of the molecule is CCC(CCC(C)C)OCC(CN(CC)CC)OC=O. The molecule has 0 radical (unpaired) electrons. The van der Waals surface area contributed by atoms with Gasteiger partial charge in [0.05, 0.1) is 12.7 Å². The van der Waals surface area contributed by atoms with Crippen molar-refractivity contribution in [2.75, 3.05) is 26.2 Å². The van der Waals surface area contributed by atoms with Gasteiger partial charge in [-0.15, -0.1) is 0 Å². The normalized spacial score (nSPS) is 14.6. The molecule has 0 rings (SSSR count). The Balaban J connectivity index is 4.18. The van der Waals surface area contributed by atoms with Crippen LogP contribution in [0.1, 0.15) is 53.9 Å². The molecule has 0 aromatic rings. The Hall–Kier alpha value is -0.610. The molecule has 20 heavy (non-hydrogen) atoms. The third-order valence-corrected chi connectivity index (χ3v) is 3.64. The topological polar surface area (TPSA) is 38.8 Å². The molecule has 2 atom stereocenters. The maximum absolute atomic E-state index is 10.6. The van der Waals surface area contributed by atoms with Gasteiger partial charge in [0.25, 0.3) is 6.47 Å². The quantitative estimate of drug-likeness (QED) is 0.488. The van der Waals surface area contributed by atoms with Crippen molar-refractivity contribution >= 4 is 6.47 Å². The van der Waals surface area contributed by atoms with E-state index in [4.69, 9.17) is 9.47 Å². The van der Waals surface area contributed by atoms with Crippen LogP contribution in [0.2, 0.25) is 0 Å². The Morgan fingerprint density at radius 1 is 1.05 bits per heavy atom. The Morgan fingerprint density at radius 3 is 2.15 bits per heavy atom. The Bertz CT molecular complexity index is 230. The average Bonchev–Trinajstić information content (AvgIpc) is 2.44. The number of carbonyl (C=O) groups excluding carboxylic acids is 1. The summed E-state index contributed by atoms with van der Waals surface area (Å²) in [6.07, 6.45) is 3.36. The van der Waals surface area contributed by atoms with Crippen LogP contribution in [0.25, 0.3) is 0 Å². The second-order valence-electron chi connectivity index (χ2n) is 5.67. The number of carbonyl (C=O) groups is 1. The summed E-state index contributed by atoms with van der Waals surface area (Å²) in [5, 5.41) is 0. The number of rotatable bonds is 13. The molecule has 0 bridgehead atoms. The molecule has 0 aliphatic heterocycles. The lowest BCUT2D eigenvalue weighted by Gasteiger charge is -2.26. The lowest BCUT2D eigenvalue weighted by Crippen LogP contribution is -2.37. The van der Waals surface area contributed by atoms with Crippen LogP contribution in [-0.2, 0) is 14.3 Å². The van der Waals surface area contributed by atoms with Crippen molar-refractivity contribution in [3.8, 4) is 0 Å². The number of hydrogen-bond acceptors (Lipinski definition) is 4. The fraction of sp³-hybridized carbons (Fsp3) is 0.938. The van der Waals surface area contributed by atoms with Gasteiger partial charge in [-0.05, 0) is 38.3 Å². The minimum Gasteiger partial charge on any atom is -0.461 e. The highest BCUT2D eigenvalue weighted by Crippen LogP contribution is 2.13. The van der Waals surface area contributed by atoms with E-state index in [1.54, 1.807) is 0 Å². The molecule has 0 aromatic carbocycles. The van der Waals surface area contributed by atoms with Crippen LogP contribution in [0.4, 0.5) is 0 Å². The van der Waals surface area contributed by atoms with Gasteiger partial charge in [-0.1, -0.05) is 34.6 Å².